The quantitative estimate of drug-likeness (QED) is 0.522. The average molecular weight is 248 g/mol. The molecule has 0 heterocycles. The Labute approximate surface area is 115 Å². The first-order valence-electron chi connectivity index (χ1n) is 8.56. The molecule has 0 aromatic rings. The zero-order valence-corrected chi connectivity index (χ0v) is 13.0. The summed E-state index contributed by atoms with van der Waals surface area (Å²) in [6.07, 6.45) is 16.7. The maximum atomic E-state index is 2.45. The van der Waals surface area contributed by atoms with Gasteiger partial charge in [-0.3, -0.25) is 0 Å². The molecule has 0 aromatic heterocycles. The average Bonchev–Trinajstić information content (AvgIpc) is 2.37. The van der Waals surface area contributed by atoms with E-state index in [1.807, 2.05) is 0 Å². The summed E-state index contributed by atoms with van der Waals surface area (Å²) in [7, 11) is 0. The van der Waals surface area contributed by atoms with Gasteiger partial charge in [-0.25, -0.2) is 0 Å². The predicted molar refractivity (Wildman–Crippen MR) is 83.7 cm³/mol. The van der Waals surface area contributed by atoms with E-state index in [2.05, 4.69) is 20.8 Å². The summed E-state index contributed by atoms with van der Waals surface area (Å²) in [6.45, 7) is 8.40. The SMILES string of the molecule is CC(C)(C)CB(C1CCCCC1)C1CCCCC1. The molecule has 0 amide bonds. The first-order valence-corrected chi connectivity index (χ1v) is 8.56. The van der Waals surface area contributed by atoms with Gasteiger partial charge < -0.3 is 0 Å². The van der Waals surface area contributed by atoms with Gasteiger partial charge in [0.1, 0.15) is 6.71 Å². The van der Waals surface area contributed by atoms with E-state index in [4.69, 9.17) is 0 Å². The van der Waals surface area contributed by atoms with Crippen molar-refractivity contribution in [2.45, 2.75) is 103 Å². The van der Waals surface area contributed by atoms with Crippen LogP contribution >= 0.6 is 0 Å². The van der Waals surface area contributed by atoms with Gasteiger partial charge in [-0.1, -0.05) is 103 Å². The van der Waals surface area contributed by atoms with Crippen LogP contribution in [0.3, 0.4) is 0 Å². The topological polar surface area (TPSA) is 0 Å². The molecule has 2 aliphatic rings. The van der Waals surface area contributed by atoms with Crippen molar-refractivity contribution >= 4 is 6.71 Å². The van der Waals surface area contributed by atoms with Gasteiger partial charge >= 0.3 is 0 Å². The minimum atomic E-state index is 0.527. The second-order valence-corrected chi connectivity index (χ2v) is 8.22. The predicted octanol–water partition coefficient (Wildman–Crippen LogP) is 6.20. The summed E-state index contributed by atoms with van der Waals surface area (Å²) in [5.41, 5.74) is 0.527. The van der Waals surface area contributed by atoms with E-state index in [9.17, 15) is 0 Å². The molecule has 0 unspecified atom stereocenters. The van der Waals surface area contributed by atoms with Gasteiger partial charge in [-0.2, -0.15) is 0 Å². The molecular weight excluding hydrogens is 215 g/mol. The maximum Gasteiger partial charge on any atom is 0.146 e. The Bertz CT molecular complexity index is 210. The van der Waals surface area contributed by atoms with Crippen LogP contribution in [0.25, 0.3) is 0 Å². The van der Waals surface area contributed by atoms with Gasteiger partial charge in [-0.05, 0) is 5.41 Å². The molecule has 0 N–H and O–H groups in total. The molecule has 1 heteroatoms. The Balaban J connectivity index is 2.00. The fourth-order valence-electron chi connectivity index (χ4n) is 4.55. The fourth-order valence-corrected chi connectivity index (χ4v) is 4.55. The van der Waals surface area contributed by atoms with Crippen molar-refractivity contribution < 1.29 is 0 Å². The van der Waals surface area contributed by atoms with E-state index in [0.29, 0.717) is 5.41 Å². The Kier molecular flexibility index (Phi) is 5.21. The number of hydrogen-bond acceptors (Lipinski definition) is 0. The monoisotopic (exact) mass is 248 g/mol. The van der Waals surface area contributed by atoms with Crippen molar-refractivity contribution in [2.24, 2.45) is 5.41 Å². The molecule has 2 aliphatic carbocycles. The summed E-state index contributed by atoms with van der Waals surface area (Å²) >= 11 is 0. The number of hydrogen-bond donors (Lipinski definition) is 0. The molecule has 0 aliphatic heterocycles. The van der Waals surface area contributed by atoms with E-state index < -0.39 is 0 Å². The lowest BCUT2D eigenvalue weighted by Crippen LogP contribution is -2.33. The van der Waals surface area contributed by atoms with Crippen molar-refractivity contribution in [1.82, 2.24) is 0 Å². The van der Waals surface area contributed by atoms with Gasteiger partial charge in [0.15, 0.2) is 0 Å². The molecule has 104 valence electrons. The number of rotatable bonds is 3. The highest BCUT2D eigenvalue weighted by Crippen LogP contribution is 2.45. The Hall–Kier alpha value is 0.0649. The standard InChI is InChI=1S/C17H33B/c1-17(2,3)14-18(15-10-6-4-7-11-15)16-12-8-5-9-13-16/h15-16H,4-14H2,1-3H3. The van der Waals surface area contributed by atoms with Crippen LogP contribution in [0.4, 0.5) is 0 Å². The van der Waals surface area contributed by atoms with Crippen molar-refractivity contribution in [2.75, 3.05) is 0 Å². The Morgan fingerprint density at radius 3 is 1.44 bits per heavy atom. The third-order valence-corrected chi connectivity index (χ3v) is 5.36. The minimum absolute atomic E-state index is 0.527. The third kappa shape index (κ3) is 4.32. The van der Waals surface area contributed by atoms with Crippen molar-refractivity contribution in [1.29, 1.82) is 0 Å². The van der Waals surface area contributed by atoms with Crippen LogP contribution in [0.15, 0.2) is 0 Å². The second-order valence-electron chi connectivity index (χ2n) is 8.22. The molecule has 2 fully saturated rings. The minimum Gasteiger partial charge on any atom is -0.0688 e. The van der Waals surface area contributed by atoms with Crippen LogP contribution in [0.2, 0.25) is 18.0 Å². The zero-order chi connectivity index (χ0) is 13.0. The highest BCUT2D eigenvalue weighted by atomic mass is 14.2. The highest BCUT2D eigenvalue weighted by Gasteiger charge is 2.36. The molecule has 0 nitrogen and oxygen atoms in total. The summed E-state index contributed by atoms with van der Waals surface area (Å²) in [4.78, 5) is 0. The van der Waals surface area contributed by atoms with E-state index >= 15 is 0 Å². The molecule has 18 heavy (non-hydrogen) atoms. The zero-order valence-electron chi connectivity index (χ0n) is 13.0. The Morgan fingerprint density at radius 2 is 1.11 bits per heavy atom. The van der Waals surface area contributed by atoms with Crippen molar-refractivity contribution in [3.8, 4) is 0 Å². The third-order valence-electron chi connectivity index (χ3n) is 5.36. The van der Waals surface area contributed by atoms with Gasteiger partial charge in [-0.15, -0.1) is 0 Å². The summed E-state index contributed by atoms with van der Waals surface area (Å²) in [5.74, 6) is 2.14. The first-order chi connectivity index (χ1) is 8.56. The smallest absolute Gasteiger partial charge is 0.0688 e. The van der Waals surface area contributed by atoms with E-state index in [0.717, 1.165) is 18.3 Å². The molecule has 0 atom stereocenters. The second kappa shape index (κ2) is 6.48. The molecule has 0 saturated heterocycles. The van der Waals surface area contributed by atoms with Crippen molar-refractivity contribution in [3.05, 3.63) is 0 Å². The van der Waals surface area contributed by atoms with Gasteiger partial charge in [0.05, 0.1) is 0 Å². The molecule has 0 radical (unpaired) electrons. The van der Waals surface area contributed by atoms with Crippen LogP contribution in [0.1, 0.15) is 85.0 Å². The largest absolute Gasteiger partial charge is 0.146 e. The fraction of sp³-hybridized carbons (Fsp3) is 1.00. The lowest BCUT2D eigenvalue weighted by atomic mass is 9.27. The highest BCUT2D eigenvalue weighted by molar-refractivity contribution is 6.62. The first kappa shape index (κ1) is 14.5. The summed E-state index contributed by atoms with van der Waals surface area (Å²) in [6, 6.07) is 0. The molecule has 0 bridgehead atoms. The maximum absolute atomic E-state index is 2.45. The van der Waals surface area contributed by atoms with Crippen LogP contribution in [-0.2, 0) is 0 Å². The lowest BCUT2D eigenvalue weighted by molar-refractivity contribution is 0.423. The van der Waals surface area contributed by atoms with E-state index in [-0.39, 0.29) is 0 Å². The van der Waals surface area contributed by atoms with Crippen LogP contribution < -0.4 is 0 Å². The molecule has 0 spiro atoms. The van der Waals surface area contributed by atoms with Gasteiger partial charge in [0, 0.05) is 0 Å². The van der Waals surface area contributed by atoms with Crippen LogP contribution in [0, 0.1) is 5.41 Å². The lowest BCUT2D eigenvalue weighted by Gasteiger charge is -2.38. The van der Waals surface area contributed by atoms with E-state index in [1.165, 1.54) is 70.5 Å². The summed E-state index contributed by atoms with van der Waals surface area (Å²) in [5, 5.41) is 0. The van der Waals surface area contributed by atoms with E-state index in [1.54, 1.807) is 0 Å². The molecule has 2 rings (SSSR count). The molecular formula is C17H33B. The normalized spacial score (nSPS) is 24.2. The summed E-state index contributed by atoms with van der Waals surface area (Å²) < 4.78 is 0. The van der Waals surface area contributed by atoms with Gasteiger partial charge in [0.2, 0.25) is 0 Å². The van der Waals surface area contributed by atoms with Crippen LogP contribution in [0.5, 0.6) is 0 Å². The van der Waals surface area contributed by atoms with Crippen LogP contribution in [-0.4, -0.2) is 6.71 Å². The molecule has 0 aromatic carbocycles. The Morgan fingerprint density at radius 1 is 0.722 bits per heavy atom. The van der Waals surface area contributed by atoms with Gasteiger partial charge in [0.25, 0.3) is 0 Å². The molecule has 2 saturated carbocycles. The van der Waals surface area contributed by atoms with Crippen molar-refractivity contribution in [3.63, 3.8) is 0 Å².